The molecule has 18 heavy (non-hydrogen) atoms. The van der Waals surface area contributed by atoms with Crippen LogP contribution in [0.1, 0.15) is 36.2 Å². The molecule has 2 atom stereocenters. The SMILES string of the molecule is CC(C(=O)O)C(C)C(=O)c1cccc(C(F)F)c1. The minimum Gasteiger partial charge on any atom is -0.481 e. The smallest absolute Gasteiger partial charge is 0.306 e. The van der Waals surface area contributed by atoms with Crippen molar-refractivity contribution in [3.8, 4) is 0 Å². The Labute approximate surface area is 103 Å². The highest BCUT2D eigenvalue weighted by Crippen LogP contribution is 2.23. The van der Waals surface area contributed by atoms with E-state index < -0.39 is 30.0 Å². The molecule has 1 rings (SSSR count). The van der Waals surface area contributed by atoms with Gasteiger partial charge in [0.2, 0.25) is 0 Å². The molecule has 0 fully saturated rings. The maximum absolute atomic E-state index is 12.5. The molecule has 0 saturated carbocycles. The maximum Gasteiger partial charge on any atom is 0.306 e. The summed E-state index contributed by atoms with van der Waals surface area (Å²) in [5.41, 5.74) is -0.121. The van der Waals surface area contributed by atoms with Crippen LogP contribution in [0.2, 0.25) is 0 Å². The highest BCUT2D eigenvalue weighted by atomic mass is 19.3. The third-order valence-electron chi connectivity index (χ3n) is 2.98. The average molecular weight is 256 g/mol. The van der Waals surface area contributed by atoms with Gasteiger partial charge in [0.15, 0.2) is 5.78 Å². The zero-order chi connectivity index (χ0) is 13.9. The minimum atomic E-state index is -2.65. The lowest BCUT2D eigenvalue weighted by atomic mass is 9.88. The van der Waals surface area contributed by atoms with Gasteiger partial charge in [-0.3, -0.25) is 9.59 Å². The predicted molar refractivity (Wildman–Crippen MR) is 61.7 cm³/mol. The summed E-state index contributed by atoms with van der Waals surface area (Å²) in [6.07, 6.45) is -2.65. The summed E-state index contributed by atoms with van der Waals surface area (Å²) in [5, 5.41) is 8.82. The van der Waals surface area contributed by atoms with E-state index in [1.807, 2.05) is 0 Å². The number of aliphatic carboxylic acids is 1. The number of carboxylic acid groups (broad SMARTS) is 1. The van der Waals surface area contributed by atoms with Gasteiger partial charge in [-0.15, -0.1) is 0 Å². The molecule has 0 amide bonds. The Morgan fingerprint density at radius 3 is 2.28 bits per heavy atom. The zero-order valence-corrected chi connectivity index (χ0v) is 10.1. The van der Waals surface area contributed by atoms with Gasteiger partial charge >= 0.3 is 5.97 Å². The lowest BCUT2D eigenvalue weighted by Gasteiger charge is -2.15. The predicted octanol–water partition coefficient (Wildman–Crippen LogP) is 3.16. The molecule has 0 aliphatic rings. The lowest BCUT2D eigenvalue weighted by molar-refractivity contribution is -0.142. The molecule has 1 aromatic carbocycles. The van der Waals surface area contributed by atoms with Gasteiger partial charge < -0.3 is 5.11 Å². The van der Waals surface area contributed by atoms with Crippen molar-refractivity contribution in [3.63, 3.8) is 0 Å². The van der Waals surface area contributed by atoms with Crippen molar-refractivity contribution in [3.05, 3.63) is 35.4 Å². The monoisotopic (exact) mass is 256 g/mol. The minimum absolute atomic E-state index is 0.119. The van der Waals surface area contributed by atoms with Crippen LogP contribution in [0.15, 0.2) is 24.3 Å². The quantitative estimate of drug-likeness (QED) is 0.823. The number of hydrogen-bond acceptors (Lipinski definition) is 2. The van der Waals surface area contributed by atoms with Gasteiger partial charge in [0, 0.05) is 17.0 Å². The van der Waals surface area contributed by atoms with Crippen LogP contribution in [-0.4, -0.2) is 16.9 Å². The molecule has 0 aromatic heterocycles. The molecule has 0 radical (unpaired) electrons. The van der Waals surface area contributed by atoms with Gasteiger partial charge in [-0.05, 0) is 6.07 Å². The molecule has 2 unspecified atom stereocenters. The van der Waals surface area contributed by atoms with E-state index >= 15 is 0 Å². The summed E-state index contributed by atoms with van der Waals surface area (Å²) in [7, 11) is 0. The number of hydrogen-bond donors (Lipinski definition) is 1. The molecule has 1 aromatic rings. The summed E-state index contributed by atoms with van der Waals surface area (Å²) < 4.78 is 25.0. The molecular formula is C13H14F2O3. The Bertz CT molecular complexity index is 457. The van der Waals surface area contributed by atoms with Gasteiger partial charge in [0.25, 0.3) is 6.43 Å². The second kappa shape index (κ2) is 5.71. The first-order valence-electron chi connectivity index (χ1n) is 5.49. The molecule has 5 heteroatoms. The van der Waals surface area contributed by atoms with Gasteiger partial charge in [-0.1, -0.05) is 32.0 Å². The van der Waals surface area contributed by atoms with Gasteiger partial charge in [0.1, 0.15) is 0 Å². The van der Waals surface area contributed by atoms with E-state index in [0.717, 1.165) is 6.07 Å². The fraction of sp³-hybridized carbons (Fsp3) is 0.385. The Balaban J connectivity index is 2.97. The van der Waals surface area contributed by atoms with Crippen LogP contribution in [0.25, 0.3) is 0 Å². The van der Waals surface area contributed by atoms with Crippen molar-refractivity contribution < 1.29 is 23.5 Å². The van der Waals surface area contributed by atoms with Crippen molar-refractivity contribution in [2.75, 3.05) is 0 Å². The first-order valence-corrected chi connectivity index (χ1v) is 5.49. The number of ketones is 1. The molecule has 98 valence electrons. The Kier molecular flexibility index (Phi) is 4.53. The van der Waals surface area contributed by atoms with Crippen molar-refractivity contribution in [1.29, 1.82) is 0 Å². The molecular weight excluding hydrogens is 242 g/mol. The molecule has 0 bridgehead atoms. The fourth-order valence-corrected chi connectivity index (χ4v) is 1.53. The number of carboxylic acids is 1. The average Bonchev–Trinajstić information content (AvgIpc) is 2.36. The fourth-order valence-electron chi connectivity index (χ4n) is 1.53. The van der Waals surface area contributed by atoms with E-state index in [1.165, 1.54) is 32.0 Å². The Morgan fingerprint density at radius 2 is 1.78 bits per heavy atom. The molecule has 0 heterocycles. The van der Waals surface area contributed by atoms with Crippen LogP contribution in [0.4, 0.5) is 8.78 Å². The van der Waals surface area contributed by atoms with E-state index in [4.69, 9.17) is 5.11 Å². The normalized spacial score (nSPS) is 14.3. The standard InChI is InChI=1S/C13H14F2O3/c1-7(8(2)13(17)18)11(16)9-4-3-5-10(6-9)12(14)15/h3-8,12H,1-2H3,(H,17,18). The number of halogens is 2. The molecule has 3 nitrogen and oxygen atoms in total. The van der Waals surface area contributed by atoms with E-state index in [2.05, 4.69) is 0 Å². The Hall–Kier alpha value is -1.78. The van der Waals surface area contributed by atoms with E-state index in [-0.39, 0.29) is 11.1 Å². The topological polar surface area (TPSA) is 54.4 Å². The summed E-state index contributed by atoms with van der Waals surface area (Å²) in [5.74, 6) is -3.13. The van der Waals surface area contributed by atoms with E-state index in [1.54, 1.807) is 0 Å². The van der Waals surface area contributed by atoms with Crippen molar-refractivity contribution in [1.82, 2.24) is 0 Å². The molecule has 1 N–H and O–H groups in total. The van der Waals surface area contributed by atoms with Gasteiger partial charge in [-0.25, -0.2) is 8.78 Å². The van der Waals surface area contributed by atoms with Crippen LogP contribution < -0.4 is 0 Å². The van der Waals surface area contributed by atoms with Crippen LogP contribution in [-0.2, 0) is 4.79 Å². The van der Waals surface area contributed by atoms with Gasteiger partial charge in [-0.2, -0.15) is 0 Å². The van der Waals surface area contributed by atoms with Gasteiger partial charge in [0.05, 0.1) is 5.92 Å². The van der Waals surface area contributed by atoms with Crippen LogP contribution in [0, 0.1) is 11.8 Å². The summed E-state index contributed by atoms with van der Waals surface area (Å²) >= 11 is 0. The number of benzene rings is 1. The molecule has 0 aliphatic carbocycles. The van der Waals surface area contributed by atoms with Crippen LogP contribution in [0.3, 0.4) is 0 Å². The number of carbonyl (C=O) groups excluding carboxylic acids is 1. The highest BCUT2D eigenvalue weighted by Gasteiger charge is 2.26. The highest BCUT2D eigenvalue weighted by molar-refractivity contribution is 5.99. The molecule has 0 spiro atoms. The summed E-state index contributed by atoms with van der Waals surface area (Å²) in [6.45, 7) is 2.90. The van der Waals surface area contributed by atoms with Crippen LogP contribution >= 0.6 is 0 Å². The molecule has 0 aliphatic heterocycles. The van der Waals surface area contributed by atoms with Crippen LogP contribution in [0.5, 0.6) is 0 Å². The zero-order valence-electron chi connectivity index (χ0n) is 10.1. The number of alkyl halides is 2. The van der Waals surface area contributed by atoms with E-state index in [0.29, 0.717) is 0 Å². The first kappa shape index (κ1) is 14.3. The third kappa shape index (κ3) is 3.12. The molecule has 0 saturated heterocycles. The summed E-state index contributed by atoms with van der Waals surface area (Å²) in [6, 6.07) is 5.12. The van der Waals surface area contributed by atoms with E-state index in [9.17, 15) is 18.4 Å². The number of rotatable bonds is 5. The number of Topliss-reactive ketones (excluding diaryl/α,β-unsaturated/α-hetero) is 1. The largest absolute Gasteiger partial charge is 0.481 e. The second-order valence-corrected chi connectivity index (χ2v) is 4.21. The first-order chi connectivity index (χ1) is 8.34. The third-order valence-corrected chi connectivity index (χ3v) is 2.98. The van der Waals surface area contributed by atoms with Crippen molar-refractivity contribution >= 4 is 11.8 Å². The summed E-state index contributed by atoms with van der Waals surface area (Å²) in [4.78, 5) is 22.7. The number of carbonyl (C=O) groups is 2. The van der Waals surface area contributed by atoms with Crippen molar-refractivity contribution in [2.45, 2.75) is 20.3 Å². The maximum atomic E-state index is 12.5. The van der Waals surface area contributed by atoms with Crippen molar-refractivity contribution in [2.24, 2.45) is 11.8 Å². The Morgan fingerprint density at radius 1 is 1.17 bits per heavy atom. The lowest BCUT2D eigenvalue weighted by Crippen LogP contribution is -2.25. The second-order valence-electron chi connectivity index (χ2n) is 4.21.